The number of aromatic nitrogens is 3. The van der Waals surface area contributed by atoms with Crippen molar-refractivity contribution in [3.8, 4) is 5.69 Å². The van der Waals surface area contributed by atoms with Crippen LogP contribution in [0.15, 0.2) is 47.3 Å². The maximum absolute atomic E-state index is 12.1. The van der Waals surface area contributed by atoms with Crippen LogP contribution in [0.4, 0.5) is 0 Å². The third kappa shape index (κ3) is 3.64. The van der Waals surface area contributed by atoms with Crippen molar-refractivity contribution in [3.63, 3.8) is 0 Å². The topological polar surface area (TPSA) is 80.0 Å². The number of carbonyl (C=O) groups excluding carboxylic acids is 1. The van der Waals surface area contributed by atoms with E-state index < -0.39 is 6.10 Å². The summed E-state index contributed by atoms with van der Waals surface area (Å²) in [6, 6.07) is 9.58. The Labute approximate surface area is 137 Å². The number of hydrogen-bond donors (Lipinski definition) is 2. The van der Waals surface area contributed by atoms with Crippen molar-refractivity contribution >= 4 is 17.2 Å². The molecule has 1 amide bonds. The minimum absolute atomic E-state index is 0.132. The van der Waals surface area contributed by atoms with Crippen LogP contribution >= 0.6 is 11.3 Å². The number of rotatable bonds is 5. The first kappa shape index (κ1) is 15.4. The average molecular weight is 328 g/mol. The van der Waals surface area contributed by atoms with Crippen molar-refractivity contribution in [1.29, 1.82) is 0 Å². The Bertz CT molecular complexity index is 798. The fraction of sp³-hybridized carbons (Fsp3) is 0.188. The molecule has 0 fully saturated rings. The molecule has 0 aliphatic heterocycles. The van der Waals surface area contributed by atoms with E-state index in [2.05, 4.69) is 15.6 Å². The second kappa shape index (κ2) is 6.72. The summed E-state index contributed by atoms with van der Waals surface area (Å²) < 4.78 is 1.55. The zero-order valence-corrected chi connectivity index (χ0v) is 13.3. The van der Waals surface area contributed by atoms with E-state index >= 15 is 0 Å². The Kier molecular flexibility index (Phi) is 4.50. The third-order valence-electron chi connectivity index (χ3n) is 3.38. The van der Waals surface area contributed by atoms with E-state index in [1.807, 2.05) is 48.0 Å². The summed E-state index contributed by atoms with van der Waals surface area (Å²) in [5, 5.41) is 24.2. The highest BCUT2D eigenvalue weighted by Crippen LogP contribution is 2.15. The van der Waals surface area contributed by atoms with Gasteiger partial charge in [0.05, 0.1) is 18.0 Å². The van der Waals surface area contributed by atoms with E-state index in [1.54, 1.807) is 10.9 Å². The zero-order chi connectivity index (χ0) is 16.2. The Morgan fingerprint density at radius 3 is 3.04 bits per heavy atom. The first-order valence-electron chi connectivity index (χ1n) is 7.11. The van der Waals surface area contributed by atoms with Gasteiger partial charge in [-0.3, -0.25) is 4.79 Å². The SMILES string of the molecule is Cc1cccc(-n2cc(C(=O)NCC(O)c3ccsc3)nn2)c1. The summed E-state index contributed by atoms with van der Waals surface area (Å²) in [7, 11) is 0. The van der Waals surface area contributed by atoms with Crippen LogP contribution in [0.3, 0.4) is 0 Å². The highest BCUT2D eigenvalue weighted by Gasteiger charge is 2.14. The number of nitrogens with zero attached hydrogens (tertiary/aromatic N) is 3. The number of nitrogens with one attached hydrogen (secondary N) is 1. The molecule has 0 saturated heterocycles. The van der Waals surface area contributed by atoms with Gasteiger partial charge in [0.2, 0.25) is 0 Å². The Balaban J connectivity index is 1.64. The number of thiophene rings is 1. The van der Waals surface area contributed by atoms with E-state index in [0.717, 1.165) is 16.8 Å². The summed E-state index contributed by atoms with van der Waals surface area (Å²) in [5.41, 5.74) is 2.94. The molecule has 0 saturated carbocycles. The van der Waals surface area contributed by atoms with Crippen molar-refractivity contribution in [2.24, 2.45) is 0 Å². The van der Waals surface area contributed by atoms with Gasteiger partial charge in [-0.1, -0.05) is 17.3 Å². The summed E-state index contributed by atoms with van der Waals surface area (Å²) >= 11 is 1.50. The van der Waals surface area contributed by atoms with Gasteiger partial charge in [0.15, 0.2) is 5.69 Å². The molecular formula is C16H16N4O2S. The smallest absolute Gasteiger partial charge is 0.273 e. The van der Waals surface area contributed by atoms with Crippen molar-refractivity contribution in [3.05, 3.63) is 64.1 Å². The number of benzene rings is 1. The average Bonchev–Trinajstić information content (AvgIpc) is 3.23. The van der Waals surface area contributed by atoms with Crippen molar-refractivity contribution in [1.82, 2.24) is 20.3 Å². The zero-order valence-electron chi connectivity index (χ0n) is 12.5. The standard InChI is InChI=1S/C16H16N4O2S/c1-11-3-2-4-13(7-11)20-9-14(18-19-20)16(22)17-8-15(21)12-5-6-23-10-12/h2-7,9-10,15,21H,8H2,1H3,(H,17,22). The van der Waals surface area contributed by atoms with Crippen LogP contribution in [0.5, 0.6) is 0 Å². The van der Waals surface area contributed by atoms with E-state index in [0.29, 0.717) is 0 Å². The van der Waals surface area contributed by atoms with Gasteiger partial charge in [-0.25, -0.2) is 4.68 Å². The van der Waals surface area contributed by atoms with Crippen LogP contribution in [0.25, 0.3) is 5.69 Å². The number of carbonyl (C=O) groups is 1. The second-order valence-corrected chi connectivity index (χ2v) is 5.95. The van der Waals surface area contributed by atoms with Crippen LogP contribution in [-0.2, 0) is 0 Å². The largest absolute Gasteiger partial charge is 0.387 e. The predicted molar refractivity (Wildman–Crippen MR) is 87.7 cm³/mol. The summed E-state index contributed by atoms with van der Waals surface area (Å²) in [5.74, 6) is -0.363. The van der Waals surface area contributed by atoms with Crippen LogP contribution in [0.2, 0.25) is 0 Å². The monoisotopic (exact) mass is 328 g/mol. The second-order valence-electron chi connectivity index (χ2n) is 5.17. The molecule has 2 heterocycles. The van der Waals surface area contributed by atoms with Gasteiger partial charge in [0.1, 0.15) is 0 Å². The van der Waals surface area contributed by atoms with Crippen molar-refractivity contribution < 1.29 is 9.90 Å². The maximum atomic E-state index is 12.1. The van der Waals surface area contributed by atoms with E-state index in [-0.39, 0.29) is 18.1 Å². The number of amides is 1. The Morgan fingerprint density at radius 2 is 2.30 bits per heavy atom. The van der Waals surface area contributed by atoms with Crippen LogP contribution < -0.4 is 5.32 Å². The van der Waals surface area contributed by atoms with Gasteiger partial charge < -0.3 is 10.4 Å². The molecule has 1 aromatic carbocycles. The molecule has 0 aliphatic rings. The van der Waals surface area contributed by atoms with E-state index in [9.17, 15) is 9.90 Å². The fourth-order valence-electron chi connectivity index (χ4n) is 2.13. The summed E-state index contributed by atoms with van der Waals surface area (Å²) in [4.78, 5) is 12.1. The predicted octanol–water partition coefficient (Wildman–Crippen LogP) is 2.10. The van der Waals surface area contributed by atoms with Gasteiger partial charge in [-0.05, 0) is 47.0 Å². The van der Waals surface area contributed by atoms with Gasteiger partial charge in [0.25, 0.3) is 5.91 Å². The number of aliphatic hydroxyl groups is 1. The van der Waals surface area contributed by atoms with Crippen LogP contribution in [0, 0.1) is 6.92 Å². The summed E-state index contributed by atoms with van der Waals surface area (Å²) in [6.45, 7) is 2.12. The molecule has 0 bridgehead atoms. The van der Waals surface area contributed by atoms with Crippen molar-refractivity contribution in [2.45, 2.75) is 13.0 Å². The lowest BCUT2D eigenvalue weighted by Crippen LogP contribution is -2.28. The lowest BCUT2D eigenvalue weighted by molar-refractivity contribution is 0.0911. The molecule has 6 nitrogen and oxygen atoms in total. The number of aryl methyl sites for hydroxylation is 1. The molecule has 3 aromatic rings. The minimum Gasteiger partial charge on any atom is -0.387 e. The fourth-order valence-corrected chi connectivity index (χ4v) is 2.83. The molecule has 23 heavy (non-hydrogen) atoms. The molecule has 0 spiro atoms. The molecule has 7 heteroatoms. The van der Waals surface area contributed by atoms with E-state index in [1.165, 1.54) is 11.3 Å². The van der Waals surface area contributed by atoms with Gasteiger partial charge >= 0.3 is 0 Å². The van der Waals surface area contributed by atoms with Gasteiger partial charge in [0, 0.05) is 6.54 Å². The molecule has 118 valence electrons. The van der Waals surface area contributed by atoms with Crippen LogP contribution in [-0.4, -0.2) is 32.6 Å². The normalized spacial score (nSPS) is 12.1. The Morgan fingerprint density at radius 1 is 1.43 bits per heavy atom. The maximum Gasteiger partial charge on any atom is 0.273 e. The van der Waals surface area contributed by atoms with Crippen molar-refractivity contribution in [2.75, 3.05) is 6.54 Å². The highest BCUT2D eigenvalue weighted by atomic mass is 32.1. The molecule has 2 aromatic heterocycles. The molecule has 2 N–H and O–H groups in total. The molecule has 0 aliphatic carbocycles. The van der Waals surface area contributed by atoms with Gasteiger partial charge in [-0.15, -0.1) is 5.10 Å². The molecular weight excluding hydrogens is 312 g/mol. The van der Waals surface area contributed by atoms with E-state index in [4.69, 9.17) is 0 Å². The van der Waals surface area contributed by atoms with Gasteiger partial charge in [-0.2, -0.15) is 11.3 Å². The molecule has 3 rings (SSSR count). The lowest BCUT2D eigenvalue weighted by atomic mass is 10.2. The highest BCUT2D eigenvalue weighted by molar-refractivity contribution is 7.07. The lowest BCUT2D eigenvalue weighted by Gasteiger charge is -2.09. The summed E-state index contributed by atoms with van der Waals surface area (Å²) in [6.07, 6.45) is 0.846. The first-order chi connectivity index (χ1) is 11.1. The Hall–Kier alpha value is -2.51. The minimum atomic E-state index is -0.725. The third-order valence-corrected chi connectivity index (χ3v) is 4.08. The quantitative estimate of drug-likeness (QED) is 0.752. The molecule has 1 atom stereocenters. The molecule has 1 unspecified atom stereocenters. The molecule has 0 radical (unpaired) electrons. The van der Waals surface area contributed by atoms with Crippen LogP contribution in [0.1, 0.15) is 27.7 Å². The first-order valence-corrected chi connectivity index (χ1v) is 8.05. The number of hydrogen-bond acceptors (Lipinski definition) is 5. The number of aliphatic hydroxyl groups excluding tert-OH is 1.